The fourth-order valence-corrected chi connectivity index (χ4v) is 0.374. The highest BCUT2D eigenvalue weighted by molar-refractivity contribution is 5.95. The minimum absolute atomic E-state index is 0.0449. The Bertz CT molecular complexity index is 136. The van der Waals surface area contributed by atoms with Gasteiger partial charge in [-0.1, -0.05) is 19.8 Å². The molecule has 0 unspecified atom stereocenters. The normalized spacial score (nSPS) is 7.78. The van der Waals surface area contributed by atoms with E-state index in [1.807, 2.05) is 13.8 Å². The predicted octanol–water partition coefficient (Wildman–Crippen LogP) is 1.77. The van der Waals surface area contributed by atoms with Crippen LogP contribution in [0.3, 0.4) is 0 Å². The third kappa shape index (κ3) is 5.10. The summed E-state index contributed by atoms with van der Waals surface area (Å²) >= 11 is 0. The zero-order valence-electron chi connectivity index (χ0n) is 6.03. The summed E-state index contributed by atoms with van der Waals surface area (Å²) in [5, 5.41) is 0. The highest BCUT2D eigenvalue weighted by atomic mass is 16.1. The molecule has 1 nitrogen and oxygen atoms in total. The summed E-state index contributed by atoms with van der Waals surface area (Å²) < 4.78 is 0. The van der Waals surface area contributed by atoms with Gasteiger partial charge in [0, 0.05) is 12.8 Å². The van der Waals surface area contributed by atoms with Crippen molar-refractivity contribution in [3.63, 3.8) is 0 Å². The van der Waals surface area contributed by atoms with E-state index in [0.717, 1.165) is 12.8 Å². The second-order valence-electron chi connectivity index (χ2n) is 1.83. The van der Waals surface area contributed by atoms with Crippen molar-refractivity contribution in [1.29, 1.82) is 0 Å². The fraction of sp³-hybridized carbons (Fsp3) is 0.625. The molecule has 0 rings (SSSR count). The van der Waals surface area contributed by atoms with E-state index in [1.165, 1.54) is 0 Å². The van der Waals surface area contributed by atoms with Crippen molar-refractivity contribution in [1.82, 2.24) is 0 Å². The van der Waals surface area contributed by atoms with Crippen LogP contribution in [0.2, 0.25) is 0 Å². The highest BCUT2D eigenvalue weighted by Crippen LogP contribution is 1.82. The summed E-state index contributed by atoms with van der Waals surface area (Å²) in [5.74, 6) is 5.38. The number of unbranched alkanes of at least 4 members (excludes halogenated alkanes) is 1. The molecule has 0 atom stereocenters. The molecule has 0 saturated heterocycles. The van der Waals surface area contributed by atoms with Gasteiger partial charge in [0.05, 0.1) is 0 Å². The van der Waals surface area contributed by atoms with Gasteiger partial charge in [0.2, 0.25) is 5.78 Å². The first-order valence-electron chi connectivity index (χ1n) is 3.33. The molecule has 0 N–H and O–H groups in total. The third-order valence-electron chi connectivity index (χ3n) is 0.924. The summed E-state index contributed by atoms with van der Waals surface area (Å²) in [6.07, 6.45) is 2.41. The Morgan fingerprint density at radius 1 is 1.44 bits per heavy atom. The Morgan fingerprint density at radius 2 is 2.11 bits per heavy atom. The van der Waals surface area contributed by atoms with Crippen LogP contribution in [-0.4, -0.2) is 5.78 Å². The summed E-state index contributed by atoms with van der Waals surface area (Å²) in [7, 11) is 0. The SMILES string of the molecule is CCCC#CC(=O)CC. The molecular formula is C8H12O. The topological polar surface area (TPSA) is 17.1 Å². The van der Waals surface area contributed by atoms with E-state index in [2.05, 4.69) is 11.8 Å². The molecule has 0 spiro atoms. The van der Waals surface area contributed by atoms with Crippen molar-refractivity contribution in [2.45, 2.75) is 33.1 Å². The number of carbonyl (C=O) groups excluding carboxylic acids is 1. The van der Waals surface area contributed by atoms with Crippen molar-refractivity contribution < 1.29 is 4.79 Å². The van der Waals surface area contributed by atoms with E-state index in [9.17, 15) is 4.79 Å². The lowest BCUT2D eigenvalue weighted by Gasteiger charge is -1.78. The van der Waals surface area contributed by atoms with Gasteiger partial charge in [-0.3, -0.25) is 4.79 Å². The van der Waals surface area contributed by atoms with Crippen LogP contribution in [0.4, 0.5) is 0 Å². The van der Waals surface area contributed by atoms with Crippen LogP contribution in [0.15, 0.2) is 0 Å². The summed E-state index contributed by atoms with van der Waals surface area (Å²) in [6.45, 7) is 3.87. The molecule has 0 aromatic carbocycles. The first-order valence-corrected chi connectivity index (χ1v) is 3.33. The molecule has 0 fully saturated rings. The Morgan fingerprint density at radius 3 is 2.56 bits per heavy atom. The van der Waals surface area contributed by atoms with Gasteiger partial charge >= 0.3 is 0 Å². The lowest BCUT2D eigenvalue weighted by atomic mass is 10.3. The minimum atomic E-state index is 0.0449. The van der Waals surface area contributed by atoms with E-state index in [-0.39, 0.29) is 5.78 Å². The van der Waals surface area contributed by atoms with Gasteiger partial charge in [-0.15, -0.1) is 0 Å². The van der Waals surface area contributed by atoms with E-state index < -0.39 is 0 Å². The number of rotatable bonds is 2. The molecule has 0 amide bonds. The summed E-state index contributed by atoms with van der Waals surface area (Å²) in [6, 6.07) is 0. The average molecular weight is 124 g/mol. The quantitative estimate of drug-likeness (QED) is 0.405. The maximum atomic E-state index is 10.5. The monoisotopic (exact) mass is 124 g/mol. The first-order chi connectivity index (χ1) is 4.31. The summed E-state index contributed by atoms with van der Waals surface area (Å²) in [5.41, 5.74) is 0. The first kappa shape index (κ1) is 8.23. The molecule has 0 heterocycles. The lowest BCUT2D eigenvalue weighted by molar-refractivity contribution is -0.113. The zero-order chi connectivity index (χ0) is 7.11. The number of hydrogen-bond donors (Lipinski definition) is 0. The smallest absolute Gasteiger partial charge is 0.205 e. The molecule has 0 aromatic heterocycles. The van der Waals surface area contributed by atoms with Crippen LogP contribution >= 0.6 is 0 Å². The van der Waals surface area contributed by atoms with Crippen LogP contribution in [0.25, 0.3) is 0 Å². The molecule has 0 aliphatic carbocycles. The number of carbonyl (C=O) groups is 1. The molecule has 0 aromatic rings. The largest absolute Gasteiger partial charge is 0.285 e. The van der Waals surface area contributed by atoms with Gasteiger partial charge in [-0.25, -0.2) is 0 Å². The van der Waals surface area contributed by atoms with Crippen LogP contribution < -0.4 is 0 Å². The van der Waals surface area contributed by atoms with E-state index in [1.54, 1.807) is 0 Å². The molecule has 0 bridgehead atoms. The van der Waals surface area contributed by atoms with Crippen molar-refractivity contribution in [3.8, 4) is 11.8 Å². The standard InChI is InChI=1S/C8H12O/c1-3-5-6-7-8(9)4-2/h3-5H2,1-2H3. The Kier molecular flexibility index (Phi) is 4.91. The van der Waals surface area contributed by atoms with Gasteiger partial charge in [0.15, 0.2) is 0 Å². The molecular weight excluding hydrogens is 112 g/mol. The van der Waals surface area contributed by atoms with E-state index in [0.29, 0.717) is 6.42 Å². The Labute approximate surface area is 56.5 Å². The second-order valence-corrected chi connectivity index (χ2v) is 1.83. The molecule has 0 radical (unpaired) electrons. The van der Waals surface area contributed by atoms with Crippen LogP contribution in [0.1, 0.15) is 33.1 Å². The maximum Gasteiger partial charge on any atom is 0.205 e. The van der Waals surface area contributed by atoms with Gasteiger partial charge in [-0.2, -0.15) is 0 Å². The summed E-state index contributed by atoms with van der Waals surface area (Å²) in [4.78, 5) is 10.5. The van der Waals surface area contributed by atoms with E-state index in [4.69, 9.17) is 0 Å². The van der Waals surface area contributed by atoms with Crippen molar-refractivity contribution >= 4 is 5.78 Å². The van der Waals surface area contributed by atoms with Crippen molar-refractivity contribution in [2.24, 2.45) is 0 Å². The van der Waals surface area contributed by atoms with Gasteiger partial charge in [-0.05, 0) is 12.3 Å². The van der Waals surface area contributed by atoms with Gasteiger partial charge in [0.25, 0.3) is 0 Å². The highest BCUT2D eigenvalue weighted by Gasteiger charge is 1.85. The number of ketones is 1. The van der Waals surface area contributed by atoms with E-state index >= 15 is 0 Å². The Hall–Kier alpha value is -0.770. The van der Waals surface area contributed by atoms with Crippen molar-refractivity contribution in [3.05, 3.63) is 0 Å². The lowest BCUT2D eigenvalue weighted by Crippen LogP contribution is -1.87. The van der Waals surface area contributed by atoms with Crippen LogP contribution in [-0.2, 0) is 4.79 Å². The molecule has 9 heavy (non-hydrogen) atoms. The zero-order valence-corrected chi connectivity index (χ0v) is 6.03. The second kappa shape index (κ2) is 5.37. The molecule has 0 aliphatic heterocycles. The van der Waals surface area contributed by atoms with Crippen LogP contribution in [0.5, 0.6) is 0 Å². The van der Waals surface area contributed by atoms with Gasteiger partial charge < -0.3 is 0 Å². The van der Waals surface area contributed by atoms with Crippen molar-refractivity contribution in [2.75, 3.05) is 0 Å². The molecule has 0 aliphatic rings. The van der Waals surface area contributed by atoms with Crippen LogP contribution in [0, 0.1) is 11.8 Å². The molecule has 1 heteroatoms. The molecule has 50 valence electrons. The average Bonchev–Trinajstić information content (AvgIpc) is 1.89. The Balaban J connectivity index is 3.46. The third-order valence-corrected chi connectivity index (χ3v) is 0.924. The minimum Gasteiger partial charge on any atom is -0.285 e. The fourth-order valence-electron chi connectivity index (χ4n) is 0.374. The number of Topliss-reactive ketones (excluding diaryl/α,β-unsaturated/α-hetero) is 1. The van der Waals surface area contributed by atoms with Gasteiger partial charge in [0.1, 0.15) is 0 Å². The number of hydrogen-bond acceptors (Lipinski definition) is 1. The molecule has 0 saturated carbocycles. The maximum absolute atomic E-state index is 10.5. The predicted molar refractivity (Wildman–Crippen MR) is 38.0 cm³/mol.